The molecule has 0 atom stereocenters. The fourth-order valence-corrected chi connectivity index (χ4v) is 13.8. The normalized spacial score (nSPS) is 12.7. The molecule has 0 amide bonds. The molecule has 1 aliphatic carbocycles. The van der Waals surface area contributed by atoms with Crippen molar-refractivity contribution in [3.8, 4) is 44.5 Å². The summed E-state index contributed by atoms with van der Waals surface area (Å²) in [5, 5.41) is 5.27. The summed E-state index contributed by atoms with van der Waals surface area (Å²) >= 11 is 3.74. The van der Waals surface area contributed by atoms with Crippen molar-refractivity contribution in [2.45, 2.75) is 5.41 Å². The summed E-state index contributed by atoms with van der Waals surface area (Å²) in [5.74, 6) is 0. The lowest BCUT2D eigenvalue weighted by Crippen LogP contribution is -2.28. The van der Waals surface area contributed by atoms with Crippen LogP contribution in [0.15, 0.2) is 261 Å². The molecule has 0 radical (unpaired) electrons. The Bertz CT molecular complexity index is 4070. The van der Waals surface area contributed by atoms with Gasteiger partial charge in [-0.15, -0.1) is 22.7 Å². The summed E-state index contributed by atoms with van der Waals surface area (Å²) in [6.45, 7) is 0. The highest BCUT2D eigenvalue weighted by Gasteiger charge is 2.47. The van der Waals surface area contributed by atoms with Gasteiger partial charge in [-0.2, -0.15) is 0 Å². The molecule has 0 bridgehead atoms. The molecule has 328 valence electrons. The highest BCUT2D eigenvalue weighted by atomic mass is 32.1. The Morgan fingerprint density at radius 2 is 0.800 bits per heavy atom. The molecule has 0 saturated heterocycles. The van der Waals surface area contributed by atoms with E-state index in [2.05, 4.69) is 266 Å². The van der Waals surface area contributed by atoms with Crippen molar-refractivity contribution >= 4 is 80.1 Å². The standard InChI is InChI=1S/C67H43NS2/c1-3-18-49(19-4-1)67(50-20-5-2-6-21-50)59-27-10-7-24-57(59)65-60(67)28-15-29-61(65)68(52-39-34-45(35-40-52)47-36-41-64-58(43-47)55-23-9-11-30-62(55)69-64)51-37-32-44(33-38-51)46-16-13-17-48(42-46)53-25-14-26-56-54-22-8-12-31-63(54)70-66(53)56/h1-43H. The van der Waals surface area contributed by atoms with Gasteiger partial charge in [0, 0.05) is 57.3 Å². The van der Waals surface area contributed by atoms with Crippen LogP contribution < -0.4 is 4.90 Å². The number of fused-ring (bicyclic) bond motifs is 9. The minimum absolute atomic E-state index is 0.514. The maximum Gasteiger partial charge on any atom is 0.0714 e. The van der Waals surface area contributed by atoms with Crippen molar-refractivity contribution in [2.24, 2.45) is 0 Å². The van der Waals surface area contributed by atoms with Gasteiger partial charge in [-0.1, -0.05) is 200 Å². The summed E-state index contributed by atoms with van der Waals surface area (Å²) in [4.78, 5) is 2.48. The second-order valence-corrected chi connectivity index (χ2v) is 20.5. The predicted octanol–water partition coefficient (Wildman–Crippen LogP) is 19.3. The number of anilines is 3. The molecule has 0 N–H and O–H groups in total. The van der Waals surface area contributed by atoms with Crippen molar-refractivity contribution in [2.75, 3.05) is 4.90 Å². The number of nitrogens with zero attached hydrogens (tertiary/aromatic N) is 1. The maximum atomic E-state index is 2.48. The quantitative estimate of drug-likeness (QED) is 0.147. The van der Waals surface area contributed by atoms with E-state index < -0.39 is 5.41 Å². The summed E-state index contributed by atoms with van der Waals surface area (Å²) < 4.78 is 5.29. The van der Waals surface area contributed by atoms with E-state index in [-0.39, 0.29) is 0 Å². The van der Waals surface area contributed by atoms with Gasteiger partial charge in [0.05, 0.1) is 11.1 Å². The van der Waals surface area contributed by atoms with Crippen LogP contribution in [0.4, 0.5) is 17.1 Å². The second-order valence-electron chi connectivity index (χ2n) is 18.3. The summed E-state index contributed by atoms with van der Waals surface area (Å²) in [6, 6.07) is 96.8. The van der Waals surface area contributed by atoms with E-state index in [9.17, 15) is 0 Å². The number of benzene rings is 11. The van der Waals surface area contributed by atoms with Gasteiger partial charge in [-0.25, -0.2) is 0 Å². The van der Waals surface area contributed by atoms with Gasteiger partial charge in [-0.05, 0) is 122 Å². The van der Waals surface area contributed by atoms with Crippen LogP contribution in [0.3, 0.4) is 0 Å². The van der Waals surface area contributed by atoms with Crippen molar-refractivity contribution < 1.29 is 0 Å². The fraction of sp³-hybridized carbons (Fsp3) is 0.0149. The summed E-state index contributed by atoms with van der Waals surface area (Å²) in [6.07, 6.45) is 0. The van der Waals surface area contributed by atoms with E-state index in [1.54, 1.807) is 0 Å². The van der Waals surface area contributed by atoms with Crippen LogP contribution in [0.5, 0.6) is 0 Å². The van der Waals surface area contributed by atoms with E-state index in [0.29, 0.717) is 0 Å². The van der Waals surface area contributed by atoms with Gasteiger partial charge in [0.2, 0.25) is 0 Å². The molecule has 2 heterocycles. The Kier molecular flexibility index (Phi) is 9.55. The lowest BCUT2D eigenvalue weighted by Gasteiger charge is -2.34. The summed E-state index contributed by atoms with van der Waals surface area (Å²) in [7, 11) is 0. The van der Waals surface area contributed by atoms with Crippen LogP contribution in [0, 0.1) is 0 Å². The topological polar surface area (TPSA) is 3.24 Å². The highest BCUT2D eigenvalue weighted by Crippen LogP contribution is 2.59. The monoisotopic (exact) mass is 925 g/mol. The number of hydrogen-bond donors (Lipinski definition) is 0. The van der Waals surface area contributed by atoms with E-state index in [0.717, 1.165) is 17.1 Å². The maximum absolute atomic E-state index is 2.48. The Morgan fingerprint density at radius 1 is 0.300 bits per heavy atom. The third-order valence-electron chi connectivity index (χ3n) is 14.6. The third-order valence-corrected chi connectivity index (χ3v) is 16.9. The molecular weight excluding hydrogens is 883 g/mol. The lowest BCUT2D eigenvalue weighted by atomic mass is 9.68. The lowest BCUT2D eigenvalue weighted by molar-refractivity contribution is 0.768. The van der Waals surface area contributed by atoms with Crippen LogP contribution in [-0.2, 0) is 5.41 Å². The van der Waals surface area contributed by atoms with E-state index in [1.165, 1.54) is 107 Å². The van der Waals surface area contributed by atoms with Crippen LogP contribution in [-0.4, -0.2) is 0 Å². The van der Waals surface area contributed by atoms with E-state index in [1.807, 2.05) is 22.7 Å². The fourth-order valence-electron chi connectivity index (χ4n) is 11.4. The van der Waals surface area contributed by atoms with Gasteiger partial charge in [0.15, 0.2) is 0 Å². The Hall–Kier alpha value is -8.34. The van der Waals surface area contributed by atoms with Gasteiger partial charge in [0.1, 0.15) is 0 Å². The molecule has 1 aliphatic rings. The molecule has 1 nitrogen and oxygen atoms in total. The first-order chi connectivity index (χ1) is 34.7. The molecule has 0 unspecified atom stereocenters. The molecule has 0 saturated carbocycles. The first-order valence-electron chi connectivity index (χ1n) is 24.0. The zero-order chi connectivity index (χ0) is 46.2. The van der Waals surface area contributed by atoms with Crippen molar-refractivity contribution in [1.29, 1.82) is 0 Å². The molecule has 0 aliphatic heterocycles. The Balaban J connectivity index is 0.924. The van der Waals surface area contributed by atoms with E-state index >= 15 is 0 Å². The minimum atomic E-state index is -0.514. The van der Waals surface area contributed by atoms with E-state index in [4.69, 9.17) is 0 Å². The van der Waals surface area contributed by atoms with Crippen molar-refractivity contribution in [1.82, 2.24) is 0 Å². The largest absolute Gasteiger partial charge is 0.310 e. The molecule has 0 spiro atoms. The molecule has 13 aromatic rings. The van der Waals surface area contributed by atoms with Crippen LogP contribution >= 0.6 is 22.7 Å². The predicted molar refractivity (Wildman–Crippen MR) is 301 cm³/mol. The van der Waals surface area contributed by atoms with Gasteiger partial charge < -0.3 is 4.90 Å². The third kappa shape index (κ3) is 6.36. The first kappa shape index (κ1) is 40.7. The van der Waals surface area contributed by atoms with Gasteiger partial charge in [0.25, 0.3) is 0 Å². The SMILES string of the molecule is c1ccc(C2(c3ccccc3)c3ccccc3-c3c(N(c4ccc(-c5cccc(-c6cccc7c6sc6ccccc67)c5)cc4)c4ccc(-c5ccc6sc7ccccc7c6c5)cc4)cccc32)cc1. The molecule has 11 aromatic carbocycles. The molecule has 2 aromatic heterocycles. The molecular formula is C67H43NS2. The van der Waals surface area contributed by atoms with Crippen molar-refractivity contribution in [3.05, 3.63) is 283 Å². The first-order valence-corrected chi connectivity index (χ1v) is 25.6. The Morgan fingerprint density at radius 3 is 1.51 bits per heavy atom. The number of rotatable bonds is 8. The summed E-state index contributed by atoms with van der Waals surface area (Å²) in [5.41, 5.74) is 17.7. The molecule has 3 heteroatoms. The second kappa shape index (κ2) is 16.4. The van der Waals surface area contributed by atoms with Crippen molar-refractivity contribution in [3.63, 3.8) is 0 Å². The van der Waals surface area contributed by atoms with Crippen LogP contribution in [0.1, 0.15) is 22.3 Å². The zero-order valence-electron chi connectivity index (χ0n) is 38.1. The molecule has 14 rings (SSSR count). The van der Waals surface area contributed by atoms with Crippen LogP contribution in [0.2, 0.25) is 0 Å². The number of hydrogen-bond acceptors (Lipinski definition) is 3. The van der Waals surface area contributed by atoms with Gasteiger partial charge >= 0.3 is 0 Å². The average molecular weight is 926 g/mol. The molecule has 0 fully saturated rings. The highest BCUT2D eigenvalue weighted by molar-refractivity contribution is 7.26. The smallest absolute Gasteiger partial charge is 0.0714 e. The minimum Gasteiger partial charge on any atom is -0.310 e. The van der Waals surface area contributed by atoms with Gasteiger partial charge in [-0.3, -0.25) is 0 Å². The Labute approximate surface area is 415 Å². The zero-order valence-corrected chi connectivity index (χ0v) is 39.7. The number of thiophene rings is 2. The van der Waals surface area contributed by atoms with Crippen LogP contribution in [0.25, 0.3) is 84.9 Å². The molecule has 70 heavy (non-hydrogen) atoms. The average Bonchev–Trinajstić information content (AvgIpc) is 4.11.